The van der Waals surface area contributed by atoms with Crippen LogP contribution in [0.2, 0.25) is 0 Å². The maximum Gasteiger partial charge on any atom is 0.308 e. The van der Waals surface area contributed by atoms with E-state index in [-0.39, 0.29) is 11.5 Å². The molecule has 0 aliphatic carbocycles. The Balaban J connectivity index is 2.61. The average Bonchev–Trinajstić information content (AvgIpc) is 2.37. The molecule has 1 unspecified atom stereocenters. The van der Waals surface area contributed by atoms with Crippen molar-refractivity contribution in [2.75, 3.05) is 26.8 Å². The van der Waals surface area contributed by atoms with Gasteiger partial charge in [0.15, 0.2) is 0 Å². The number of carbonyl (C=O) groups is 1. The SMILES string of the molecule is COCCN1CCC(C(=O)O)C1(C)C. The summed E-state index contributed by atoms with van der Waals surface area (Å²) >= 11 is 0. The van der Waals surface area contributed by atoms with Crippen LogP contribution in [0, 0.1) is 5.92 Å². The Kier molecular flexibility index (Phi) is 3.50. The second-order valence-corrected chi connectivity index (χ2v) is 4.31. The van der Waals surface area contributed by atoms with Crippen molar-refractivity contribution in [2.45, 2.75) is 25.8 Å². The lowest BCUT2D eigenvalue weighted by molar-refractivity contribution is -0.144. The van der Waals surface area contributed by atoms with Crippen molar-refractivity contribution in [1.29, 1.82) is 0 Å². The zero-order valence-electron chi connectivity index (χ0n) is 9.12. The van der Waals surface area contributed by atoms with E-state index in [1.165, 1.54) is 0 Å². The molecule has 4 heteroatoms. The first kappa shape index (κ1) is 11.5. The van der Waals surface area contributed by atoms with E-state index in [4.69, 9.17) is 9.84 Å². The Labute approximate surface area is 84.8 Å². The van der Waals surface area contributed by atoms with E-state index in [1.807, 2.05) is 13.8 Å². The van der Waals surface area contributed by atoms with Crippen LogP contribution >= 0.6 is 0 Å². The maximum absolute atomic E-state index is 11.0. The van der Waals surface area contributed by atoms with E-state index >= 15 is 0 Å². The van der Waals surface area contributed by atoms with Gasteiger partial charge in [-0.2, -0.15) is 0 Å². The lowest BCUT2D eigenvalue weighted by atomic mass is 9.88. The van der Waals surface area contributed by atoms with Crippen LogP contribution in [-0.4, -0.2) is 48.3 Å². The van der Waals surface area contributed by atoms with Crippen molar-refractivity contribution >= 4 is 5.97 Å². The fraction of sp³-hybridized carbons (Fsp3) is 0.900. The van der Waals surface area contributed by atoms with Gasteiger partial charge in [0, 0.05) is 19.2 Å². The number of carboxylic acids is 1. The minimum Gasteiger partial charge on any atom is -0.481 e. The molecular weight excluding hydrogens is 182 g/mol. The van der Waals surface area contributed by atoms with Crippen LogP contribution in [0.4, 0.5) is 0 Å². The standard InChI is InChI=1S/C10H19NO3/c1-10(2)8(9(12)13)4-5-11(10)6-7-14-3/h8H,4-7H2,1-3H3,(H,12,13). The minimum atomic E-state index is -0.685. The molecule has 1 aliphatic heterocycles. The molecule has 1 aliphatic rings. The summed E-state index contributed by atoms with van der Waals surface area (Å²) in [7, 11) is 1.66. The molecule has 0 aromatic rings. The van der Waals surface area contributed by atoms with Gasteiger partial charge in [-0.25, -0.2) is 0 Å². The Morgan fingerprint density at radius 1 is 1.64 bits per heavy atom. The van der Waals surface area contributed by atoms with Crippen molar-refractivity contribution in [2.24, 2.45) is 5.92 Å². The zero-order chi connectivity index (χ0) is 10.8. The first-order valence-corrected chi connectivity index (χ1v) is 4.97. The predicted octanol–water partition coefficient (Wildman–Crippen LogP) is 0.818. The highest BCUT2D eigenvalue weighted by Gasteiger charge is 2.44. The molecule has 0 spiro atoms. The molecule has 0 saturated carbocycles. The fourth-order valence-corrected chi connectivity index (χ4v) is 2.17. The van der Waals surface area contributed by atoms with Crippen LogP contribution in [0.1, 0.15) is 20.3 Å². The number of nitrogens with zero attached hydrogens (tertiary/aromatic N) is 1. The van der Waals surface area contributed by atoms with Gasteiger partial charge >= 0.3 is 5.97 Å². The third-order valence-electron chi connectivity index (χ3n) is 3.22. The summed E-state index contributed by atoms with van der Waals surface area (Å²) in [6, 6.07) is 0. The van der Waals surface area contributed by atoms with Crippen LogP contribution in [0.5, 0.6) is 0 Å². The Hall–Kier alpha value is -0.610. The number of hydrogen-bond donors (Lipinski definition) is 1. The molecular formula is C10H19NO3. The summed E-state index contributed by atoms with van der Waals surface area (Å²) in [5, 5.41) is 9.03. The molecule has 14 heavy (non-hydrogen) atoms. The number of carboxylic acid groups (broad SMARTS) is 1. The molecule has 0 aromatic carbocycles. The third-order valence-corrected chi connectivity index (χ3v) is 3.22. The summed E-state index contributed by atoms with van der Waals surface area (Å²) in [6.07, 6.45) is 0.742. The quantitative estimate of drug-likeness (QED) is 0.731. The van der Waals surface area contributed by atoms with Crippen molar-refractivity contribution in [3.63, 3.8) is 0 Å². The first-order valence-electron chi connectivity index (χ1n) is 4.97. The molecule has 0 bridgehead atoms. The Bertz CT molecular complexity index is 215. The minimum absolute atomic E-state index is 0.246. The summed E-state index contributed by atoms with van der Waals surface area (Å²) in [5.74, 6) is -0.936. The molecule has 1 heterocycles. The highest BCUT2D eigenvalue weighted by molar-refractivity contribution is 5.72. The van der Waals surface area contributed by atoms with E-state index in [2.05, 4.69) is 4.90 Å². The van der Waals surface area contributed by atoms with Gasteiger partial charge < -0.3 is 9.84 Å². The average molecular weight is 201 g/mol. The van der Waals surface area contributed by atoms with Crippen molar-refractivity contribution < 1.29 is 14.6 Å². The van der Waals surface area contributed by atoms with E-state index in [9.17, 15) is 4.79 Å². The highest BCUT2D eigenvalue weighted by Crippen LogP contribution is 2.34. The molecule has 0 aromatic heterocycles. The van der Waals surface area contributed by atoms with E-state index in [1.54, 1.807) is 7.11 Å². The van der Waals surface area contributed by atoms with E-state index in [0.717, 1.165) is 19.5 Å². The Morgan fingerprint density at radius 2 is 2.29 bits per heavy atom. The molecule has 1 fully saturated rings. The Morgan fingerprint density at radius 3 is 2.71 bits per heavy atom. The number of rotatable bonds is 4. The summed E-state index contributed by atoms with van der Waals surface area (Å²) in [4.78, 5) is 13.2. The number of likely N-dealkylation sites (tertiary alicyclic amines) is 1. The largest absolute Gasteiger partial charge is 0.481 e. The smallest absolute Gasteiger partial charge is 0.308 e. The number of ether oxygens (including phenoxy) is 1. The van der Waals surface area contributed by atoms with Crippen LogP contribution in [0.15, 0.2) is 0 Å². The number of hydrogen-bond acceptors (Lipinski definition) is 3. The lowest BCUT2D eigenvalue weighted by Crippen LogP contribution is -2.46. The third kappa shape index (κ3) is 2.07. The maximum atomic E-state index is 11.0. The van der Waals surface area contributed by atoms with E-state index in [0.29, 0.717) is 6.61 Å². The van der Waals surface area contributed by atoms with Gasteiger partial charge in [0.2, 0.25) is 0 Å². The van der Waals surface area contributed by atoms with Gasteiger partial charge in [-0.1, -0.05) is 0 Å². The summed E-state index contributed by atoms with van der Waals surface area (Å²) in [6.45, 7) is 6.32. The van der Waals surface area contributed by atoms with Gasteiger partial charge in [-0.05, 0) is 26.8 Å². The van der Waals surface area contributed by atoms with Crippen LogP contribution < -0.4 is 0 Å². The van der Waals surface area contributed by atoms with Crippen LogP contribution in [-0.2, 0) is 9.53 Å². The molecule has 0 radical (unpaired) electrons. The summed E-state index contributed by atoms with van der Waals surface area (Å²) < 4.78 is 5.00. The predicted molar refractivity (Wildman–Crippen MR) is 53.3 cm³/mol. The number of methoxy groups -OCH3 is 1. The monoisotopic (exact) mass is 201 g/mol. The molecule has 1 rings (SSSR count). The van der Waals surface area contributed by atoms with E-state index < -0.39 is 5.97 Å². The first-order chi connectivity index (χ1) is 6.50. The van der Waals surface area contributed by atoms with Gasteiger partial charge in [0.05, 0.1) is 12.5 Å². The molecule has 1 N–H and O–H groups in total. The molecule has 82 valence electrons. The van der Waals surface area contributed by atoms with Crippen molar-refractivity contribution in [1.82, 2.24) is 4.90 Å². The van der Waals surface area contributed by atoms with Gasteiger partial charge in [-0.15, -0.1) is 0 Å². The molecule has 4 nitrogen and oxygen atoms in total. The van der Waals surface area contributed by atoms with Gasteiger partial charge in [-0.3, -0.25) is 9.69 Å². The molecule has 0 amide bonds. The topological polar surface area (TPSA) is 49.8 Å². The van der Waals surface area contributed by atoms with Crippen molar-refractivity contribution in [3.8, 4) is 0 Å². The molecule has 1 atom stereocenters. The van der Waals surface area contributed by atoms with Gasteiger partial charge in [0.25, 0.3) is 0 Å². The van der Waals surface area contributed by atoms with Gasteiger partial charge in [0.1, 0.15) is 0 Å². The second-order valence-electron chi connectivity index (χ2n) is 4.31. The van der Waals surface area contributed by atoms with Crippen LogP contribution in [0.25, 0.3) is 0 Å². The second kappa shape index (κ2) is 4.28. The summed E-state index contributed by atoms with van der Waals surface area (Å²) in [5.41, 5.74) is -0.246. The van der Waals surface area contributed by atoms with Crippen molar-refractivity contribution in [3.05, 3.63) is 0 Å². The highest BCUT2D eigenvalue weighted by atomic mass is 16.5. The van der Waals surface area contributed by atoms with Crippen LogP contribution in [0.3, 0.4) is 0 Å². The zero-order valence-corrected chi connectivity index (χ0v) is 9.12. The normalized spacial score (nSPS) is 26.6. The molecule has 1 saturated heterocycles. The number of aliphatic carboxylic acids is 1. The fourth-order valence-electron chi connectivity index (χ4n) is 2.17. The lowest BCUT2D eigenvalue weighted by Gasteiger charge is -2.34.